The number of nitrogens with zero attached hydrogens (tertiary/aromatic N) is 4. The highest BCUT2D eigenvalue weighted by Gasteiger charge is 2.22. The Kier molecular flexibility index (Phi) is 3.72. The van der Waals surface area contributed by atoms with E-state index >= 15 is 0 Å². The van der Waals surface area contributed by atoms with Crippen molar-refractivity contribution in [2.24, 2.45) is 0 Å². The van der Waals surface area contributed by atoms with E-state index in [1.54, 1.807) is 6.20 Å². The van der Waals surface area contributed by atoms with E-state index in [0.29, 0.717) is 24.4 Å². The summed E-state index contributed by atoms with van der Waals surface area (Å²) in [5.41, 5.74) is 3.66. The normalized spacial score (nSPS) is 13.4. The van der Waals surface area contributed by atoms with Crippen LogP contribution in [0.15, 0.2) is 53.1 Å². The van der Waals surface area contributed by atoms with Crippen molar-refractivity contribution in [3.05, 3.63) is 77.3 Å². The van der Waals surface area contributed by atoms with Crippen LogP contribution >= 0.6 is 0 Å². The van der Waals surface area contributed by atoms with Crippen LogP contribution in [0.4, 0.5) is 5.69 Å². The van der Waals surface area contributed by atoms with Crippen molar-refractivity contribution in [3.8, 4) is 6.07 Å². The van der Waals surface area contributed by atoms with Gasteiger partial charge in [0.25, 0.3) is 0 Å². The molecule has 2 aromatic heterocycles. The summed E-state index contributed by atoms with van der Waals surface area (Å²) in [5, 5.41) is 9.06. The summed E-state index contributed by atoms with van der Waals surface area (Å²) in [6.07, 6.45) is 3.21. The number of anilines is 1. The van der Waals surface area contributed by atoms with Gasteiger partial charge in [-0.3, -0.25) is 4.98 Å². The summed E-state index contributed by atoms with van der Waals surface area (Å²) in [6, 6.07) is 15.7. The van der Waals surface area contributed by atoms with E-state index in [1.807, 2.05) is 42.5 Å². The topological polar surface area (TPSA) is 66.0 Å². The lowest BCUT2D eigenvalue weighted by atomic mass is 10.1. The minimum Gasteiger partial charge on any atom is -0.445 e. The van der Waals surface area contributed by atoms with Crippen molar-refractivity contribution in [3.63, 3.8) is 0 Å². The number of rotatable bonds is 3. The van der Waals surface area contributed by atoms with E-state index in [2.05, 4.69) is 20.9 Å². The van der Waals surface area contributed by atoms with Crippen molar-refractivity contribution in [1.29, 1.82) is 5.26 Å². The van der Waals surface area contributed by atoms with E-state index in [-0.39, 0.29) is 0 Å². The second kappa shape index (κ2) is 6.17. The molecule has 0 saturated heterocycles. The van der Waals surface area contributed by atoms with Gasteiger partial charge in [-0.1, -0.05) is 12.1 Å². The van der Waals surface area contributed by atoms with E-state index in [1.165, 1.54) is 0 Å². The van der Waals surface area contributed by atoms with Crippen molar-refractivity contribution in [2.75, 3.05) is 11.4 Å². The summed E-state index contributed by atoms with van der Waals surface area (Å²) in [6.45, 7) is 1.57. The van der Waals surface area contributed by atoms with Gasteiger partial charge >= 0.3 is 0 Å². The van der Waals surface area contributed by atoms with Crippen LogP contribution in [0.2, 0.25) is 0 Å². The molecule has 1 aromatic carbocycles. The average molecular weight is 316 g/mol. The van der Waals surface area contributed by atoms with Crippen LogP contribution in [0.3, 0.4) is 0 Å². The molecule has 1 aliphatic rings. The number of oxazole rings is 1. The van der Waals surface area contributed by atoms with Crippen LogP contribution in [0.5, 0.6) is 0 Å². The first-order chi connectivity index (χ1) is 11.8. The second-order valence-electron chi connectivity index (χ2n) is 5.81. The molecule has 4 rings (SSSR count). The first-order valence-electron chi connectivity index (χ1n) is 7.94. The van der Waals surface area contributed by atoms with E-state index in [4.69, 9.17) is 9.68 Å². The van der Waals surface area contributed by atoms with Crippen LogP contribution < -0.4 is 4.90 Å². The molecule has 0 radical (unpaired) electrons. The van der Waals surface area contributed by atoms with Crippen molar-refractivity contribution in [2.45, 2.75) is 19.4 Å². The third kappa shape index (κ3) is 2.86. The molecule has 0 amide bonds. The number of pyridine rings is 1. The van der Waals surface area contributed by atoms with Crippen LogP contribution in [-0.2, 0) is 19.4 Å². The molecule has 118 valence electrons. The first-order valence-corrected chi connectivity index (χ1v) is 7.94. The maximum atomic E-state index is 9.06. The molecule has 0 N–H and O–H groups in total. The summed E-state index contributed by atoms with van der Waals surface area (Å²) < 4.78 is 5.91. The fourth-order valence-corrected chi connectivity index (χ4v) is 2.98. The Morgan fingerprint density at radius 2 is 2.17 bits per heavy atom. The highest BCUT2D eigenvalue weighted by molar-refractivity contribution is 5.52. The summed E-state index contributed by atoms with van der Waals surface area (Å²) in [7, 11) is 0. The summed E-state index contributed by atoms with van der Waals surface area (Å²) >= 11 is 0. The Morgan fingerprint density at radius 1 is 1.21 bits per heavy atom. The lowest BCUT2D eigenvalue weighted by Crippen LogP contribution is -2.30. The molecule has 0 spiro atoms. The highest BCUT2D eigenvalue weighted by Crippen LogP contribution is 2.26. The minimum absolute atomic E-state index is 0.609. The lowest BCUT2D eigenvalue weighted by molar-refractivity contribution is 0.453. The standard InChI is InChI=1S/C19H16N4O/c20-12-14-4-3-6-16(10-14)23-9-7-18-17(13-23)22-19(24-18)11-15-5-1-2-8-21-15/h1-6,8,10H,7,9,11,13H2. The van der Waals surface area contributed by atoms with Gasteiger partial charge in [0.1, 0.15) is 11.5 Å². The molecule has 5 heteroatoms. The smallest absolute Gasteiger partial charge is 0.200 e. The van der Waals surface area contributed by atoms with Crippen molar-refractivity contribution < 1.29 is 4.42 Å². The molecule has 0 unspecified atom stereocenters. The first kappa shape index (κ1) is 14.5. The fourth-order valence-electron chi connectivity index (χ4n) is 2.98. The maximum Gasteiger partial charge on any atom is 0.200 e. The molecule has 0 atom stereocenters. The number of benzene rings is 1. The van der Waals surface area contributed by atoms with E-state index < -0.39 is 0 Å². The number of hydrogen-bond acceptors (Lipinski definition) is 5. The van der Waals surface area contributed by atoms with Crippen molar-refractivity contribution in [1.82, 2.24) is 9.97 Å². The molecular weight excluding hydrogens is 300 g/mol. The number of fused-ring (bicyclic) bond motifs is 1. The third-order valence-corrected chi connectivity index (χ3v) is 4.17. The zero-order valence-corrected chi connectivity index (χ0v) is 13.1. The van der Waals surface area contributed by atoms with Gasteiger partial charge in [-0.25, -0.2) is 4.98 Å². The van der Waals surface area contributed by atoms with Gasteiger partial charge in [0.15, 0.2) is 0 Å². The molecule has 1 aliphatic heterocycles. The molecule has 24 heavy (non-hydrogen) atoms. The van der Waals surface area contributed by atoms with Gasteiger partial charge < -0.3 is 9.32 Å². The van der Waals surface area contributed by atoms with E-state index in [9.17, 15) is 0 Å². The number of nitriles is 1. The van der Waals surface area contributed by atoms with Gasteiger partial charge in [-0.2, -0.15) is 5.26 Å². The van der Waals surface area contributed by atoms with Crippen LogP contribution in [0, 0.1) is 11.3 Å². The largest absolute Gasteiger partial charge is 0.445 e. The van der Waals surface area contributed by atoms with Gasteiger partial charge in [0, 0.05) is 30.5 Å². The van der Waals surface area contributed by atoms with Crippen LogP contribution in [-0.4, -0.2) is 16.5 Å². The molecule has 0 bridgehead atoms. The predicted molar refractivity (Wildman–Crippen MR) is 89.5 cm³/mol. The number of hydrogen-bond donors (Lipinski definition) is 0. The Labute approximate surface area is 140 Å². The van der Waals surface area contributed by atoms with Gasteiger partial charge in [-0.05, 0) is 30.3 Å². The van der Waals surface area contributed by atoms with E-state index in [0.717, 1.165) is 35.8 Å². The SMILES string of the molecule is N#Cc1cccc(N2CCc3oc(Cc4ccccn4)nc3C2)c1. The van der Waals surface area contributed by atoms with Crippen LogP contribution in [0.25, 0.3) is 0 Å². The Balaban J connectivity index is 1.54. The van der Waals surface area contributed by atoms with Gasteiger partial charge in [0.05, 0.1) is 24.6 Å². The molecule has 5 nitrogen and oxygen atoms in total. The zero-order valence-electron chi connectivity index (χ0n) is 13.1. The molecule has 3 aromatic rings. The highest BCUT2D eigenvalue weighted by atomic mass is 16.4. The Morgan fingerprint density at radius 3 is 3.00 bits per heavy atom. The molecule has 0 saturated carbocycles. The van der Waals surface area contributed by atoms with Gasteiger partial charge in [-0.15, -0.1) is 0 Å². The lowest BCUT2D eigenvalue weighted by Gasteiger charge is -2.27. The summed E-state index contributed by atoms with van der Waals surface area (Å²) in [5.74, 6) is 1.68. The monoisotopic (exact) mass is 316 g/mol. The zero-order chi connectivity index (χ0) is 16.4. The van der Waals surface area contributed by atoms with Crippen LogP contribution in [0.1, 0.15) is 28.6 Å². The predicted octanol–water partition coefficient (Wildman–Crippen LogP) is 3.09. The minimum atomic E-state index is 0.609. The average Bonchev–Trinajstić information content (AvgIpc) is 3.04. The van der Waals surface area contributed by atoms with Gasteiger partial charge in [0.2, 0.25) is 5.89 Å². The summed E-state index contributed by atoms with van der Waals surface area (Å²) in [4.78, 5) is 11.2. The molecule has 0 fully saturated rings. The third-order valence-electron chi connectivity index (χ3n) is 4.17. The fraction of sp³-hybridized carbons (Fsp3) is 0.211. The van der Waals surface area contributed by atoms with Crippen molar-refractivity contribution >= 4 is 5.69 Å². The second-order valence-corrected chi connectivity index (χ2v) is 5.81. The number of aromatic nitrogens is 2. The molecule has 0 aliphatic carbocycles. The molecule has 3 heterocycles. The Hall–Kier alpha value is -3.13. The molecular formula is C19H16N4O. The maximum absolute atomic E-state index is 9.06. The Bertz CT molecular complexity index is 895. The quantitative estimate of drug-likeness (QED) is 0.743.